The van der Waals surface area contributed by atoms with Gasteiger partial charge in [0.25, 0.3) is 6.71 Å². The molecule has 3 aliphatic heterocycles. The zero-order chi connectivity index (χ0) is 47.9. The fourth-order valence-corrected chi connectivity index (χ4v) is 14.5. The van der Waals surface area contributed by atoms with Crippen LogP contribution < -0.4 is 20.7 Å². The van der Waals surface area contributed by atoms with Gasteiger partial charge >= 0.3 is 0 Å². The van der Waals surface area contributed by atoms with Crippen molar-refractivity contribution in [2.75, 3.05) is 9.80 Å². The predicted molar refractivity (Wildman–Crippen MR) is 293 cm³/mol. The maximum Gasteiger partial charge on any atom is 0.252 e. The molecule has 0 radical (unpaired) electrons. The number of hydrogen-bond donors (Lipinski definition) is 0. The zero-order valence-electron chi connectivity index (χ0n) is 43.7. The summed E-state index contributed by atoms with van der Waals surface area (Å²) in [6, 6.07) is 46.0. The predicted octanol–water partition coefficient (Wildman–Crippen LogP) is 16.0. The van der Waals surface area contributed by atoms with Crippen molar-refractivity contribution in [3.63, 3.8) is 0 Å². The minimum atomic E-state index is -0.317. The molecule has 6 aliphatic rings. The molecule has 68 heavy (non-hydrogen) atoms. The number of nitrogens with zero attached hydrogens (tertiary/aromatic N) is 2. The van der Waals surface area contributed by atoms with E-state index in [9.17, 15) is 0 Å². The first-order valence-electron chi connectivity index (χ1n) is 26.1. The van der Waals surface area contributed by atoms with Crippen molar-refractivity contribution in [2.24, 2.45) is 0 Å². The summed E-state index contributed by atoms with van der Waals surface area (Å²) >= 11 is 0. The Kier molecular flexibility index (Phi) is 9.02. The van der Waals surface area contributed by atoms with Gasteiger partial charge in [0.1, 0.15) is 0 Å². The van der Waals surface area contributed by atoms with Crippen LogP contribution >= 0.6 is 0 Å². The Morgan fingerprint density at radius 2 is 1.09 bits per heavy atom. The third kappa shape index (κ3) is 5.83. The van der Waals surface area contributed by atoms with E-state index >= 15 is 0 Å². The van der Waals surface area contributed by atoms with Gasteiger partial charge in [0.05, 0.1) is 11.2 Å². The average Bonchev–Trinajstić information content (AvgIpc) is 3.66. The first kappa shape index (κ1) is 44.0. The van der Waals surface area contributed by atoms with E-state index in [4.69, 9.17) is 0 Å². The third-order valence-corrected chi connectivity index (χ3v) is 18.9. The number of rotatable bonds is 3. The number of fused-ring (bicyclic) bond motifs is 9. The fraction of sp³-hybridized carbons (Fsp3) is 0.415. The molecule has 0 bridgehead atoms. The summed E-state index contributed by atoms with van der Waals surface area (Å²) in [4.78, 5) is 5.76. The summed E-state index contributed by atoms with van der Waals surface area (Å²) in [5, 5.41) is 0. The number of hydrogen-bond acceptors (Lipinski definition) is 2. The molecule has 2 nitrogen and oxygen atoms in total. The highest BCUT2D eigenvalue weighted by molar-refractivity contribution is 7.03. The van der Waals surface area contributed by atoms with Crippen molar-refractivity contribution in [1.82, 2.24) is 0 Å². The molecule has 346 valence electrons. The minimum absolute atomic E-state index is 0.00141. The van der Waals surface area contributed by atoms with E-state index in [2.05, 4.69) is 222 Å². The van der Waals surface area contributed by atoms with Crippen LogP contribution in [0.1, 0.15) is 174 Å². The van der Waals surface area contributed by atoms with Crippen LogP contribution in [-0.2, 0) is 32.5 Å². The first-order chi connectivity index (χ1) is 32.0. The lowest BCUT2D eigenvalue weighted by atomic mass is 9.32. The largest absolute Gasteiger partial charge is 0.335 e. The topological polar surface area (TPSA) is 6.48 Å². The maximum atomic E-state index is 2.94. The zero-order valence-corrected chi connectivity index (χ0v) is 43.7. The van der Waals surface area contributed by atoms with Gasteiger partial charge in [-0.15, -0.1) is 0 Å². The molecule has 6 aromatic rings. The molecule has 12 rings (SSSR count). The van der Waals surface area contributed by atoms with E-state index in [1.165, 1.54) is 128 Å². The molecule has 1 fully saturated rings. The second-order valence-electron chi connectivity index (χ2n) is 26.4. The summed E-state index contributed by atoms with van der Waals surface area (Å²) < 4.78 is 0. The maximum absolute atomic E-state index is 2.94. The Labute approximate surface area is 409 Å². The van der Waals surface area contributed by atoms with Crippen molar-refractivity contribution in [3.05, 3.63) is 160 Å². The molecule has 2 atom stereocenters. The second kappa shape index (κ2) is 14.0. The molecule has 3 aliphatic carbocycles. The number of allylic oxidation sites excluding steroid dienone is 1. The summed E-state index contributed by atoms with van der Waals surface area (Å²) in [5.41, 5.74) is 26.8. The summed E-state index contributed by atoms with van der Waals surface area (Å²) in [6.45, 7) is 34.9. The van der Waals surface area contributed by atoms with Crippen molar-refractivity contribution >= 4 is 45.9 Å². The van der Waals surface area contributed by atoms with E-state index in [1.54, 1.807) is 16.7 Å². The normalized spacial score (nSPS) is 23.4. The minimum Gasteiger partial charge on any atom is -0.335 e. The summed E-state index contributed by atoms with van der Waals surface area (Å²) in [5.74, 6) is 0. The van der Waals surface area contributed by atoms with E-state index in [1.807, 2.05) is 0 Å². The lowest BCUT2D eigenvalue weighted by Crippen LogP contribution is -2.61. The van der Waals surface area contributed by atoms with Gasteiger partial charge in [-0.05, 0) is 151 Å². The van der Waals surface area contributed by atoms with Gasteiger partial charge in [-0.2, -0.15) is 0 Å². The number of anilines is 4. The standard InChI is InChI=1S/C65H73BN2/c1-59(2,3)43-27-28-52(45(35-43)41-25-19-16-20-26-41)67-53-33-42(40-23-17-15-18-24-40)34-54-56(53)66(51-37-44(60(4,5)6)36-50-57(51)68(54)65(14)30-22-21-29-64(50,65)13)55-46-38-48-49(39-47(46)63(11,12)58(55)67)62(9,10)32-31-61(48,7)8/h15-20,23-28,33-39H,21-22,29-32H2,1-14H3. The molecule has 0 spiro atoms. The van der Waals surface area contributed by atoms with Gasteiger partial charge in [0, 0.05) is 39.2 Å². The quantitative estimate of drug-likeness (QED) is 0.163. The third-order valence-electron chi connectivity index (χ3n) is 18.9. The van der Waals surface area contributed by atoms with Crippen molar-refractivity contribution in [3.8, 4) is 22.3 Å². The molecular weight excluding hydrogens is 820 g/mol. The lowest BCUT2D eigenvalue weighted by Gasteiger charge is -2.53. The van der Waals surface area contributed by atoms with Gasteiger partial charge in [-0.3, -0.25) is 0 Å². The molecule has 2 unspecified atom stereocenters. The Morgan fingerprint density at radius 1 is 0.485 bits per heavy atom. The van der Waals surface area contributed by atoms with Crippen LogP contribution in [0.5, 0.6) is 0 Å². The van der Waals surface area contributed by atoms with Crippen LogP contribution in [0.15, 0.2) is 121 Å². The monoisotopic (exact) mass is 893 g/mol. The molecule has 0 saturated heterocycles. The van der Waals surface area contributed by atoms with Crippen LogP contribution in [0.3, 0.4) is 0 Å². The van der Waals surface area contributed by atoms with Crippen LogP contribution in [0, 0.1) is 0 Å². The van der Waals surface area contributed by atoms with Crippen LogP contribution in [0.4, 0.5) is 22.7 Å². The van der Waals surface area contributed by atoms with Crippen LogP contribution in [0.25, 0.3) is 27.7 Å². The summed E-state index contributed by atoms with van der Waals surface area (Å²) in [6.07, 6.45) is 7.30. The highest BCUT2D eigenvalue weighted by Crippen LogP contribution is 2.65. The van der Waals surface area contributed by atoms with Gasteiger partial charge in [-0.25, -0.2) is 0 Å². The Balaban J connectivity index is 1.28. The van der Waals surface area contributed by atoms with Crippen molar-refractivity contribution in [1.29, 1.82) is 0 Å². The van der Waals surface area contributed by atoms with Gasteiger partial charge in [0.15, 0.2) is 0 Å². The second-order valence-corrected chi connectivity index (χ2v) is 26.4. The highest BCUT2D eigenvalue weighted by atomic mass is 15.3. The number of benzene rings is 6. The van der Waals surface area contributed by atoms with Gasteiger partial charge < -0.3 is 9.80 Å². The SMILES string of the molecule is CC(C)(C)c1ccc(N2C3=C(B4c5cc(C(C)(C)C)cc6c5N(c5cc(-c7ccccc7)cc2c54)C2(C)CCCCC62C)c2cc4c(cc2C3(C)C)C(C)(C)CCC4(C)C)c(-c2ccccc2)c1. The molecule has 0 aromatic heterocycles. The molecule has 0 N–H and O–H groups in total. The van der Waals surface area contributed by atoms with Crippen LogP contribution in [0.2, 0.25) is 0 Å². The van der Waals surface area contributed by atoms with Crippen molar-refractivity contribution in [2.45, 2.75) is 173 Å². The van der Waals surface area contributed by atoms with Gasteiger partial charge in [-0.1, -0.05) is 194 Å². The van der Waals surface area contributed by atoms with E-state index in [-0.39, 0.29) is 44.7 Å². The molecule has 3 heterocycles. The average molecular weight is 893 g/mol. The van der Waals surface area contributed by atoms with Crippen LogP contribution in [-0.4, -0.2) is 12.3 Å². The highest BCUT2D eigenvalue weighted by Gasteiger charge is 2.63. The lowest BCUT2D eigenvalue weighted by molar-refractivity contribution is 0.195. The fourth-order valence-electron chi connectivity index (χ4n) is 14.5. The van der Waals surface area contributed by atoms with E-state index < -0.39 is 0 Å². The Hall–Kier alpha value is -5.28. The molecule has 0 amide bonds. The van der Waals surface area contributed by atoms with Crippen molar-refractivity contribution < 1.29 is 0 Å². The van der Waals surface area contributed by atoms with E-state index in [0.717, 1.165) is 0 Å². The first-order valence-corrected chi connectivity index (χ1v) is 26.1. The molecule has 6 aromatic carbocycles. The Morgan fingerprint density at radius 3 is 1.74 bits per heavy atom. The van der Waals surface area contributed by atoms with Gasteiger partial charge in [0.2, 0.25) is 0 Å². The molecule has 1 saturated carbocycles. The summed E-state index contributed by atoms with van der Waals surface area (Å²) in [7, 11) is 0. The Bertz CT molecular complexity index is 3150. The smallest absolute Gasteiger partial charge is 0.252 e. The molecule has 3 heteroatoms. The van der Waals surface area contributed by atoms with E-state index in [0.29, 0.717) is 0 Å². The molecular formula is C65H73BN2.